The molecule has 0 amide bonds. The van der Waals surface area contributed by atoms with Crippen LogP contribution in [0.1, 0.15) is 43.4 Å². The van der Waals surface area contributed by atoms with Gasteiger partial charge in [0.25, 0.3) is 0 Å². The van der Waals surface area contributed by atoms with Crippen LogP contribution >= 0.6 is 22.9 Å². The second-order valence-corrected chi connectivity index (χ2v) is 14.3. The van der Waals surface area contributed by atoms with Gasteiger partial charge in [0.2, 0.25) is 0 Å². The molecule has 8 rings (SSSR count). The summed E-state index contributed by atoms with van der Waals surface area (Å²) in [4.78, 5) is 23.2. The fraction of sp³-hybridized carbons (Fsp3) is 0.343. The Morgan fingerprint density at radius 2 is 2.06 bits per heavy atom. The first-order valence-corrected chi connectivity index (χ1v) is 17.6. The number of ether oxygens (including phenoxy) is 2. The molecule has 5 aromatic rings. The van der Waals surface area contributed by atoms with E-state index in [2.05, 4.69) is 20.0 Å². The molecule has 2 aromatic carbocycles. The summed E-state index contributed by atoms with van der Waals surface area (Å²) < 4.78 is 45.2. The fourth-order valence-corrected chi connectivity index (χ4v) is 9.05. The summed E-state index contributed by atoms with van der Waals surface area (Å²) in [5.41, 5.74) is 13.7. The lowest BCUT2D eigenvalue weighted by atomic mass is 9.95. The normalized spacial score (nSPS) is 20.0. The lowest BCUT2D eigenvalue weighted by molar-refractivity contribution is 0.108. The molecule has 0 radical (unpaired) electrons. The second kappa shape index (κ2) is 12.6. The van der Waals surface area contributed by atoms with E-state index in [1.807, 2.05) is 24.0 Å². The molecule has 2 atom stereocenters. The zero-order valence-corrected chi connectivity index (χ0v) is 29.2. The quantitative estimate of drug-likeness (QED) is 0.177. The highest BCUT2D eigenvalue weighted by atomic mass is 35.5. The van der Waals surface area contributed by atoms with Crippen molar-refractivity contribution in [1.82, 2.24) is 19.9 Å². The highest BCUT2D eigenvalue weighted by Gasteiger charge is 2.48. The number of nitriles is 1. The molecule has 0 spiro atoms. The Morgan fingerprint density at radius 3 is 2.84 bits per heavy atom. The first-order valence-electron chi connectivity index (χ1n) is 16.4. The van der Waals surface area contributed by atoms with E-state index in [4.69, 9.17) is 42.4 Å². The van der Waals surface area contributed by atoms with Crippen LogP contribution in [0.15, 0.2) is 35.6 Å². The molecular formula is C35H32ClF2N9O3S. The van der Waals surface area contributed by atoms with Crippen LogP contribution in [0.4, 0.5) is 25.4 Å². The molecule has 0 unspecified atom stereocenters. The number of halogens is 3. The van der Waals surface area contributed by atoms with E-state index in [0.717, 1.165) is 42.0 Å². The highest BCUT2D eigenvalue weighted by molar-refractivity contribution is 7.23. The van der Waals surface area contributed by atoms with Crippen molar-refractivity contribution in [2.75, 3.05) is 56.3 Å². The van der Waals surface area contributed by atoms with Crippen LogP contribution in [0.2, 0.25) is 5.02 Å². The van der Waals surface area contributed by atoms with Crippen molar-refractivity contribution in [1.29, 1.82) is 5.26 Å². The number of anilines is 3. The number of rotatable bonds is 7. The molecule has 12 nitrogen and oxygen atoms in total. The largest absolute Gasteiger partial charge is 0.489 e. The van der Waals surface area contributed by atoms with Gasteiger partial charge in [0.1, 0.15) is 54.4 Å². The monoisotopic (exact) mass is 731 g/mol. The molecule has 0 saturated carbocycles. The Bertz CT molecular complexity index is 2310. The second-order valence-electron chi connectivity index (χ2n) is 12.9. The molecule has 3 aliphatic rings. The van der Waals surface area contributed by atoms with E-state index in [1.54, 1.807) is 12.3 Å². The number of benzene rings is 2. The third-order valence-electron chi connectivity index (χ3n) is 10.1. The molecule has 3 aliphatic heterocycles. The van der Waals surface area contributed by atoms with Crippen molar-refractivity contribution >= 4 is 66.3 Å². The van der Waals surface area contributed by atoms with Gasteiger partial charge in [0.15, 0.2) is 11.6 Å². The number of pyridine rings is 1. The van der Waals surface area contributed by atoms with E-state index in [1.165, 1.54) is 19.2 Å². The third-order valence-corrected chi connectivity index (χ3v) is 11.5. The first kappa shape index (κ1) is 33.1. The van der Waals surface area contributed by atoms with Gasteiger partial charge in [-0.1, -0.05) is 28.9 Å². The summed E-state index contributed by atoms with van der Waals surface area (Å²) in [6, 6.07) is 7.87. The molecular weight excluding hydrogens is 700 g/mol. The summed E-state index contributed by atoms with van der Waals surface area (Å²) in [7, 11) is 1.53. The average molecular weight is 732 g/mol. The van der Waals surface area contributed by atoms with Crippen LogP contribution in [0, 0.1) is 23.0 Å². The molecule has 262 valence electrons. The van der Waals surface area contributed by atoms with E-state index in [-0.39, 0.29) is 84.3 Å². The van der Waals surface area contributed by atoms with Crippen molar-refractivity contribution < 1.29 is 23.1 Å². The lowest BCUT2D eigenvalue weighted by Crippen LogP contribution is -2.43. The van der Waals surface area contributed by atoms with E-state index in [0.29, 0.717) is 31.1 Å². The number of fused-ring (bicyclic) bond motifs is 2. The molecule has 0 bridgehead atoms. The molecule has 51 heavy (non-hydrogen) atoms. The van der Waals surface area contributed by atoms with Crippen LogP contribution in [0.5, 0.6) is 11.8 Å². The van der Waals surface area contributed by atoms with Crippen LogP contribution in [-0.2, 0) is 4.84 Å². The lowest BCUT2D eigenvalue weighted by Gasteiger charge is -2.32. The number of nitrogens with zero attached hydrogens (tertiary/aromatic N) is 7. The number of thiophene rings is 1. The number of nitrogen functional groups attached to an aromatic ring is 2. The number of oxime groups is 1. The fourth-order valence-electron chi connectivity index (χ4n) is 7.77. The van der Waals surface area contributed by atoms with Gasteiger partial charge < -0.3 is 30.7 Å². The van der Waals surface area contributed by atoms with Crippen molar-refractivity contribution in [3.8, 4) is 29.0 Å². The van der Waals surface area contributed by atoms with Gasteiger partial charge in [-0.25, -0.2) is 13.8 Å². The Hall–Kier alpha value is -5.04. The predicted octanol–water partition coefficient (Wildman–Crippen LogP) is 6.45. The smallest absolute Gasteiger partial charge is 0.319 e. The van der Waals surface area contributed by atoms with Crippen LogP contribution in [0.3, 0.4) is 0 Å². The minimum absolute atomic E-state index is 0.0293. The maximum Gasteiger partial charge on any atom is 0.319 e. The molecule has 6 heterocycles. The van der Waals surface area contributed by atoms with E-state index < -0.39 is 11.6 Å². The van der Waals surface area contributed by atoms with Crippen LogP contribution in [0.25, 0.3) is 32.1 Å². The summed E-state index contributed by atoms with van der Waals surface area (Å²) in [5.74, 6) is -0.584. The average Bonchev–Trinajstić information content (AvgIpc) is 3.73. The minimum atomic E-state index is -0.816. The maximum atomic E-state index is 17.3. The predicted molar refractivity (Wildman–Crippen MR) is 192 cm³/mol. The molecule has 16 heteroatoms. The zero-order chi connectivity index (χ0) is 35.6. The standard InChI is InChI=1S/C35H32ClF2N9O3S/c1-17(19-5-3-9-42-31(19)40)47-11-12-49-29-25-28(27(38)24(26(29)36)20-6-7-22(37)30-23(20)21(14-39)32(41)51-30)43-34(44-33(25)47)50-16-35-8-4-10-46(35)15-18(13-35)45-48-2/h3,5-7,9,17H,4,8,10-13,15-16,41H2,1-2H3,(H2,40,42)/t17-,35+/m1/s1. The van der Waals surface area contributed by atoms with Gasteiger partial charge in [0.05, 0.1) is 44.5 Å². The number of aromatic nitrogens is 3. The zero-order valence-electron chi connectivity index (χ0n) is 27.7. The molecule has 2 saturated heterocycles. The van der Waals surface area contributed by atoms with Gasteiger partial charge in [-0.15, -0.1) is 11.3 Å². The van der Waals surface area contributed by atoms with Gasteiger partial charge >= 0.3 is 6.01 Å². The van der Waals surface area contributed by atoms with Gasteiger partial charge in [0, 0.05) is 35.7 Å². The summed E-state index contributed by atoms with van der Waals surface area (Å²) in [6.45, 7) is 4.19. The van der Waals surface area contributed by atoms with Crippen molar-refractivity contribution in [3.63, 3.8) is 0 Å². The molecule has 3 aromatic heterocycles. The number of hydrogen-bond acceptors (Lipinski definition) is 13. The topological polar surface area (TPSA) is 161 Å². The summed E-state index contributed by atoms with van der Waals surface area (Å²) in [5, 5.41) is 14.6. The Morgan fingerprint density at radius 1 is 1.22 bits per heavy atom. The minimum Gasteiger partial charge on any atom is -0.489 e. The van der Waals surface area contributed by atoms with Crippen LogP contribution < -0.4 is 25.8 Å². The number of nitrogens with two attached hydrogens (primary N) is 2. The highest BCUT2D eigenvalue weighted by Crippen LogP contribution is 2.51. The number of hydrogen-bond donors (Lipinski definition) is 2. The van der Waals surface area contributed by atoms with E-state index >= 15 is 8.78 Å². The van der Waals surface area contributed by atoms with Gasteiger partial charge in [-0.05, 0) is 44.0 Å². The summed E-state index contributed by atoms with van der Waals surface area (Å²) >= 11 is 7.98. The first-order chi connectivity index (χ1) is 24.7. The van der Waals surface area contributed by atoms with Crippen molar-refractivity contribution in [2.24, 2.45) is 5.16 Å². The van der Waals surface area contributed by atoms with Crippen molar-refractivity contribution in [3.05, 3.63) is 58.2 Å². The van der Waals surface area contributed by atoms with E-state index in [9.17, 15) is 5.26 Å². The Balaban J connectivity index is 1.34. The Kier molecular flexibility index (Phi) is 8.20. The van der Waals surface area contributed by atoms with Crippen LogP contribution in [-0.4, -0.2) is 71.1 Å². The Labute approximate surface area is 300 Å². The van der Waals surface area contributed by atoms with Gasteiger partial charge in [-0.2, -0.15) is 15.2 Å². The SMILES string of the molecule is CON=C1CN2CCC[C@@]2(COc2nc3c4c(c(Cl)c(-c5ccc(F)c6sc(N)c(C#N)c56)c(F)c4n2)OCCN3[C@H](C)c2cccnc2N)C1. The molecule has 0 aliphatic carbocycles. The molecule has 2 fully saturated rings. The maximum absolute atomic E-state index is 17.3. The van der Waals surface area contributed by atoms with Gasteiger partial charge in [-0.3, -0.25) is 4.90 Å². The third kappa shape index (κ3) is 5.23. The van der Waals surface area contributed by atoms with Crippen molar-refractivity contribution in [2.45, 2.75) is 37.8 Å². The summed E-state index contributed by atoms with van der Waals surface area (Å²) in [6.07, 6.45) is 4.13. The molecule has 4 N–H and O–H groups in total.